The first-order valence-corrected chi connectivity index (χ1v) is 6.88. The van der Waals surface area contributed by atoms with Crippen LogP contribution in [0.5, 0.6) is 0 Å². The Morgan fingerprint density at radius 3 is 2.82 bits per heavy atom. The first-order chi connectivity index (χ1) is 8.33. The van der Waals surface area contributed by atoms with Gasteiger partial charge in [0.1, 0.15) is 0 Å². The second-order valence-electron chi connectivity index (χ2n) is 4.15. The van der Waals surface area contributed by atoms with Gasteiger partial charge in [-0.15, -0.1) is 11.3 Å². The lowest BCUT2D eigenvalue weighted by Gasteiger charge is -2.05. The van der Waals surface area contributed by atoms with E-state index in [1.165, 1.54) is 0 Å². The molecule has 0 aromatic carbocycles. The summed E-state index contributed by atoms with van der Waals surface area (Å²) < 4.78 is 2.85. The van der Waals surface area contributed by atoms with E-state index in [4.69, 9.17) is 5.11 Å². The van der Waals surface area contributed by atoms with Crippen LogP contribution in [0.15, 0.2) is 28.5 Å². The van der Waals surface area contributed by atoms with Crippen LogP contribution >= 0.6 is 11.3 Å². The number of thiophene rings is 1. The predicted octanol–water partition coefficient (Wildman–Crippen LogP) is 2.62. The number of aliphatic hydroxyl groups excluding tert-OH is 1. The molecule has 3 nitrogen and oxygen atoms in total. The van der Waals surface area contributed by atoms with Crippen LogP contribution in [0, 0.1) is 0 Å². The van der Waals surface area contributed by atoms with E-state index in [9.17, 15) is 4.79 Å². The molecule has 0 radical (unpaired) electrons. The van der Waals surface area contributed by atoms with Gasteiger partial charge in [-0.25, -0.2) is 0 Å². The third kappa shape index (κ3) is 2.96. The molecule has 0 saturated carbocycles. The molecule has 0 fully saturated rings. The summed E-state index contributed by atoms with van der Waals surface area (Å²) in [6.45, 7) is 1.04. The number of aromatic nitrogens is 1. The molecule has 4 heteroatoms. The molecule has 0 saturated heterocycles. The summed E-state index contributed by atoms with van der Waals surface area (Å²) in [4.78, 5) is 12.0. The first kappa shape index (κ1) is 12.3. The molecular weight excluding hydrogens is 234 g/mol. The molecule has 2 heterocycles. The van der Waals surface area contributed by atoms with Crippen molar-refractivity contribution in [2.24, 2.45) is 0 Å². The highest BCUT2D eigenvalue weighted by molar-refractivity contribution is 7.17. The van der Waals surface area contributed by atoms with Gasteiger partial charge in [-0.1, -0.05) is 12.8 Å². The zero-order valence-corrected chi connectivity index (χ0v) is 10.6. The van der Waals surface area contributed by atoms with E-state index in [1.54, 1.807) is 15.9 Å². The molecule has 92 valence electrons. The van der Waals surface area contributed by atoms with Crippen molar-refractivity contribution >= 4 is 21.4 Å². The number of hydrogen-bond acceptors (Lipinski definition) is 3. The highest BCUT2D eigenvalue weighted by atomic mass is 32.1. The van der Waals surface area contributed by atoms with Crippen molar-refractivity contribution < 1.29 is 5.11 Å². The molecule has 0 spiro atoms. The Labute approximate surface area is 104 Å². The number of pyridine rings is 1. The van der Waals surface area contributed by atoms with Crippen molar-refractivity contribution in [2.75, 3.05) is 6.61 Å². The summed E-state index contributed by atoms with van der Waals surface area (Å²) in [7, 11) is 0. The average Bonchev–Trinajstić information content (AvgIpc) is 2.80. The minimum absolute atomic E-state index is 0.117. The van der Waals surface area contributed by atoms with Gasteiger partial charge < -0.3 is 9.67 Å². The van der Waals surface area contributed by atoms with E-state index in [2.05, 4.69) is 0 Å². The molecule has 0 aliphatic heterocycles. The van der Waals surface area contributed by atoms with Gasteiger partial charge in [0.25, 0.3) is 5.56 Å². The maximum absolute atomic E-state index is 12.0. The molecule has 0 aliphatic rings. The van der Waals surface area contributed by atoms with Crippen LogP contribution in [0.25, 0.3) is 10.1 Å². The molecule has 0 unspecified atom stereocenters. The fraction of sp³-hybridized carbons (Fsp3) is 0.462. The number of hydrogen-bond donors (Lipinski definition) is 1. The Balaban J connectivity index is 1.99. The Hall–Kier alpha value is -1.13. The van der Waals surface area contributed by atoms with Crippen LogP contribution in [0.1, 0.15) is 25.7 Å². The normalized spacial score (nSPS) is 11.1. The minimum Gasteiger partial charge on any atom is -0.396 e. The number of unbranched alkanes of at least 4 members (excludes halogenated alkanes) is 3. The zero-order chi connectivity index (χ0) is 12.1. The summed E-state index contributed by atoms with van der Waals surface area (Å²) >= 11 is 1.60. The fourth-order valence-corrected chi connectivity index (χ4v) is 2.70. The number of rotatable bonds is 6. The monoisotopic (exact) mass is 251 g/mol. The summed E-state index contributed by atoms with van der Waals surface area (Å²) in [6.07, 6.45) is 5.84. The van der Waals surface area contributed by atoms with Crippen molar-refractivity contribution in [2.45, 2.75) is 32.2 Å². The number of fused-ring (bicyclic) bond motifs is 1. The Bertz CT molecular complexity index is 529. The summed E-state index contributed by atoms with van der Waals surface area (Å²) in [6, 6.07) is 3.90. The fourth-order valence-electron chi connectivity index (χ4n) is 1.93. The highest BCUT2D eigenvalue weighted by Gasteiger charge is 2.02. The van der Waals surface area contributed by atoms with Gasteiger partial charge in [0.2, 0.25) is 0 Å². The molecule has 0 aliphatic carbocycles. The first-order valence-electron chi connectivity index (χ1n) is 6.00. The van der Waals surface area contributed by atoms with Gasteiger partial charge in [-0.05, 0) is 30.4 Å². The average molecular weight is 251 g/mol. The lowest BCUT2D eigenvalue weighted by molar-refractivity contribution is 0.282. The van der Waals surface area contributed by atoms with E-state index >= 15 is 0 Å². The van der Waals surface area contributed by atoms with E-state index in [-0.39, 0.29) is 12.2 Å². The number of aryl methyl sites for hydroxylation is 1. The molecule has 1 N–H and O–H groups in total. The van der Waals surface area contributed by atoms with Crippen LogP contribution in [0.3, 0.4) is 0 Å². The highest BCUT2D eigenvalue weighted by Crippen LogP contribution is 2.16. The number of nitrogens with zero attached hydrogens (tertiary/aromatic N) is 1. The lowest BCUT2D eigenvalue weighted by Crippen LogP contribution is -2.18. The van der Waals surface area contributed by atoms with Crippen molar-refractivity contribution in [3.8, 4) is 0 Å². The van der Waals surface area contributed by atoms with E-state index in [1.807, 2.05) is 23.7 Å². The Kier molecular flexibility index (Phi) is 4.34. The molecule has 2 aromatic rings. The molecule has 0 atom stereocenters. The van der Waals surface area contributed by atoms with Gasteiger partial charge >= 0.3 is 0 Å². The molecular formula is C13H17NO2S. The zero-order valence-electron chi connectivity index (χ0n) is 9.76. The SMILES string of the molecule is O=c1c2ccsc2ccn1CCCCCCO. The third-order valence-electron chi connectivity index (χ3n) is 2.90. The van der Waals surface area contributed by atoms with E-state index in [0.29, 0.717) is 0 Å². The van der Waals surface area contributed by atoms with Crippen LogP contribution in [-0.2, 0) is 6.54 Å². The van der Waals surface area contributed by atoms with Gasteiger partial charge in [0.05, 0.1) is 5.39 Å². The summed E-state index contributed by atoms with van der Waals surface area (Å²) in [5, 5.41) is 11.5. The van der Waals surface area contributed by atoms with Gasteiger partial charge in [0, 0.05) is 24.0 Å². The van der Waals surface area contributed by atoms with Crippen molar-refractivity contribution in [3.05, 3.63) is 34.1 Å². The van der Waals surface area contributed by atoms with Gasteiger partial charge in [-0.2, -0.15) is 0 Å². The van der Waals surface area contributed by atoms with Crippen molar-refractivity contribution in [3.63, 3.8) is 0 Å². The molecule has 2 aromatic heterocycles. The number of aliphatic hydroxyl groups is 1. The second kappa shape index (κ2) is 5.98. The summed E-state index contributed by atoms with van der Waals surface area (Å²) in [5.74, 6) is 0. The van der Waals surface area contributed by atoms with Crippen LogP contribution in [0.4, 0.5) is 0 Å². The maximum atomic E-state index is 12.0. The predicted molar refractivity (Wildman–Crippen MR) is 71.6 cm³/mol. The largest absolute Gasteiger partial charge is 0.396 e. The molecule has 17 heavy (non-hydrogen) atoms. The van der Waals surface area contributed by atoms with Crippen LogP contribution < -0.4 is 5.56 Å². The quantitative estimate of drug-likeness (QED) is 0.802. The Morgan fingerprint density at radius 1 is 1.18 bits per heavy atom. The molecule has 0 amide bonds. The standard InChI is InChI=1S/C13H17NO2S/c15-9-4-2-1-3-7-14-8-5-12-11(13(14)16)6-10-17-12/h5-6,8,10,15H,1-4,7,9H2. The Morgan fingerprint density at radius 2 is 2.00 bits per heavy atom. The van der Waals surface area contributed by atoms with Crippen LogP contribution in [-0.4, -0.2) is 16.3 Å². The molecule has 0 bridgehead atoms. The topological polar surface area (TPSA) is 42.2 Å². The minimum atomic E-state index is 0.117. The van der Waals surface area contributed by atoms with E-state index in [0.717, 1.165) is 42.3 Å². The second-order valence-corrected chi connectivity index (χ2v) is 5.10. The smallest absolute Gasteiger partial charge is 0.259 e. The molecule has 2 rings (SSSR count). The lowest BCUT2D eigenvalue weighted by atomic mass is 10.2. The third-order valence-corrected chi connectivity index (χ3v) is 3.78. The maximum Gasteiger partial charge on any atom is 0.259 e. The van der Waals surface area contributed by atoms with E-state index < -0.39 is 0 Å². The van der Waals surface area contributed by atoms with Crippen LogP contribution in [0.2, 0.25) is 0 Å². The van der Waals surface area contributed by atoms with Crippen molar-refractivity contribution in [1.82, 2.24) is 4.57 Å². The van der Waals surface area contributed by atoms with Gasteiger partial charge in [-0.3, -0.25) is 4.79 Å². The summed E-state index contributed by atoms with van der Waals surface area (Å²) in [5.41, 5.74) is 0.117. The van der Waals surface area contributed by atoms with Gasteiger partial charge in [0.15, 0.2) is 0 Å². The van der Waals surface area contributed by atoms with Crippen molar-refractivity contribution in [1.29, 1.82) is 0 Å².